The van der Waals surface area contributed by atoms with Crippen molar-refractivity contribution >= 4 is 37.4 Å². The molecule has 0 saturated carbocycles. The van der Waals surface area contributed by atoms with E-state index in [1.54, 1.807) is 17.7 Å². The Morgan fingerprint density at radius 3 is 2.55 bits per heavy atom. The lowest BCUT2D eigenvalue weighted by Crippen LogP contribution is -2.50. The van der Waals surface area contributed by atoms with E-state index in [2.05, 4.69) is 42.6 Å². The van der Waals surface area contributed by atoms with E-state index >= 15 is 0 Å². The number of anilines is 1. The Kier molecular flexibility index (Phi) is 7.11. The Bertz CT molecular complexity index is 1530. The average Bonchev–Trinajstić information content (AvgIpc) is 3.53. The van der Waals surface area contributed by atoms with Gasteiger partial charge in [0.2, 0.25) is 10.0 Å². The number of sulfonamides is 1. The van der Waals surface area contributed by atoms with E-state index in [1.165, 1.54) is 16.7 Å². The van der Waals surface area contributed by atoms with Crippen molar-refractivity contribution in [2.75, 3.05) is 38.0 Å². The van der Waals surface area contributed by atoms with E-state index < -0.39 is 21.8 Å². The lowest BCUT2D eigenvalue weighted by atomic mass is 10.2. The standard InChI is InChI=1S/C23H25F3N8O2S2/c1-15-13-37-21-20(15)28-14-29-22(21)31-16(2)11-32-5-7-33(8-6-32)38(35,36)18-10-30-34(12-18)19-4-3-17(9-27-19)23(24,25)26/h3-4,9-10,12-14,16H,5-8,11H2,1-2H3,(H,28,29,31)/t16-/m0/s1. The Morgan fingerprint density at radius 1 is 1.11 bits per heavy atom. The molecular weight excluding hydrogens is 541 g/mol. The number of fused-ring (bicyclic) bond motifs is 1. The van der Waals surface area contributed by atoms with Gasteiger partial charge >= 0.3 is 6.18 Å². The maximum absolute atomic E-state index is 13.2. The van der Waals surface area contributed by atoms with E-state index in [-0.39, 0.29) is 16.8 Å². The predicted molar refractivity (Wildman–Crippen MR) is 137 cm³/mol. The minimum Gasteiger partial charge on any atom is -0.365 e. The summed E-state index contributed by atoms with van der Waals surface area (Å²) in [6, 6.07) is 2.10. The van der Waals surface area contributed by atoms with Crippen molar-refractivity contribution in [1.82, 2.24) is 33.9 Å². The number of aryl methyl sites for hydroxylation is 1. The monoisotopic (exact) mass is 566 g/mol. The fourth-order valence-electron chi connectivity index (χ4n) is 4.29. The highest BCUT2D eigenvalue weighted by Gasteiger charge is 2.32. The Labute approximate surface area is 221 Å². The largest absolute Gasteiger partial charge is 0.417 e. The summed E-state index contributed by atoms with van der Waals surface area (Å²) < 4.78 is 68.2. The summed E-state index contributed by atoms with van der Waals surface area (Å²) in [5.41, 5.74) is 1.16. The second-order valence-corrected chi connectivity index (χ2v) is 11.9. The third kappa shape index (κ3) is 5.36. The van der Waals surface area contributed by atoms with Crippen LogP contribution in [0.25, 0.3) is 16.0 Å². The van der Waals surface area contributed by atoms with Crippen LogP contribution in [0.15, 0.2) is 47.3 Å². The molecule has 1 fully saturated rings. The molecule has 0 unspecified atom stereocenters. The van der Waals surface area contributed by atoms with Gasteiger partial charge in [-0.1, -0.05) is 0 Å². The molecule has 202 valence electrons. The number of thiophene rings is 1. The first-order valence-corrected chi connectivity index (χ1v) is 14.1. The molecule has 0 aromatic carbocycles. The molecule has 1 N–H and O–H groups in total. The number of pyridine rings is 1. The highest BCUT2D eigenvalue weighted by atomic mass is 32.2. The zero-order valence-corrected chi connectivity index (χ0v) is 22.2. The van der Waals surface area contributed by atoms with Crippen LogP contribution in [-0.2, 0) is 16.2 Å². The number of piperazine rings is 1. The lowest BCUT2D eigenvalue weighted by molar-refractivity contribution is -0.137. The zero-order chi connectivity index (χ0) is 27.1. The number of alkyl halides is 3. The minimum atomic E-state index is -4.51. The molecule has 10 nitrogen and oxygen atoms in total. The summed E-state index contributed by atoms with van der Waals surface area (Å²) in [5, 5.41) is 9.50. The second kappa shape index (κ2) is 10.2. The fraction of sp³-hybridized carbons (Fsp3) is 0.391. The first-order valence-electron chi connectivity index (χ1n) is 11.8. The Hall–Kier alpha value is -3.14. The van der Waals surface area contributed by atoms with Crippen molar-refractivity contribution in [2.24, 2.45) is 0 Å². The van der Waals surface area contributed by atoms with Gasteiger partial charge in [-0.05, 0) is 36.9 Å². The van der Waals surface area contributed by atoms with Crippen LogP contribution in [0.5, 0.6) is 0 Å². The van der Waals surface area contributed by atoms with Crippen LogP contribution in [0.1, 0.15) is 18.1 Å². The summed E-state index contributed by atoms with van der Waals surface area (Å²) in [6.45, 7) is 6.50. The van der Waals surface area contributed by atoms with Crippen molar-refractivity contribution in [3.05, 3.63) is 53.6 Å². The van der Waals surface area contributed by atoms with Gasteiger partial charge < -0.3 is 5.32 Å². The predicted octanol–water partition coefficient (Wildman–Crippen LogP) is 3.41. The fourth-order valence-corrected chi connectivity index (χ4v) is 6.60. The van der Waals surface area contributed by atoms with Crippen LogP contribution in [-0.4, -0.2) is 81.1 Å². The van der Waals surface area contributed by atoms with Crippen LogP contribution in [0.4, 0.5) is 19.0 Å². The molecule has 4 aromatic rings. The number of hydrogen-bond donors (Lipinski definition) is 1. The Morgan fingerprint density at radius 2 is 1.87 bits per heavy atom. The topological polar surface area (TPSA) is 109 Å². The smallest absolute Gasteiger partial charge is 0.365 e. The average molecular weight is 567 g/mol. The summed E-state index contributed by atoms with van der Waals surface area (Å²) in [6.07, 6.45) is 0.178. The van der Waals surface area contributed by atoms with Gasteiger partial charge in [0, 0.05) is 45.0 Å². The normalized spacial score (nSPS) is 16.7. The summed E-state index contributed by atoms with van der Waals surface area (Å²) in [7, 11) is -3.82. The van der Waals surface area contributed by atoms with E-state index in [1.807, 2.05) is 6.92 Å². The molecule has 1 saturated heterocycles. The minimum absolute atomic E-state index is 0.0401. The molecule has 0 spiro atoms. The van der Waals surface area contributed by atoms with Gasteiger partial charge in [-0.2, -0.15) is 22.6 Å². The molecule has 1 aliphatic heterocycles. The molecule has 38 heavy (non-hydrogen) atoms. The summed E-state index contributed by atoms with van der Waals surface area (Å²) in [4.78, 5) is 14.6. The third-order valence-corrected chi connectivity index (χ3v) is 9.23. The van der Waals surface area contributed by atoms with Crippen LogP contribution in [0, 0.1) is 6.92 Å². The second-order valence-electron chi connectivity index (χ2n) is 9.09. The Balaban J connectivity index is 1.18. The van der Waals surface area contributed by atoms with Gasteiger partial charge in [0.25, 0.3) is 0 Å². The van der Waals surface area contributed by atoms with E-state index in [0.29, 0.717) is 38.9 Å². The highest BCUT2D eigenvalue weighted by molar-refractivity contribution is 7.89. The van der Waals surface area contributed by atoms with Gasteiger partial charge in [-0.25, -0.2) is 28.1 Å². The number of aromatic nitrogens is 5. The van der Waals surface area contributed by atoms with E-state index in [4.69, 9.17) is 0 Å². The quantitative estimate of drug-likeness (QED) is 0.363. The van der Waals surface area contributed by atoms with Crippen LogP contribution in [0.3, 0.4) is 0 Å². The molecule has 0 bridgehead atoms. The first kappa shape index (κ1) is 26.5. The van der Waals surface area contributed by atoms with Crippen molar-refractivity contribution in [3.8, 4) is 5.82 Å². The molecule has 1 atom stereocenters. The van der Waals surface area contributed by atoms with Crippen molar-refractivity contribution in [1.29, 1.82) is 0 Å². The van der Waals surface area contributed by atoms with E-state index in [0.717, 1.165) is 38.4 Å². The van der Waals surface area contributed by atoms with Gasteiger partial charge in [-0.3, -0.25) is 4.90 Å². The number of rotatable bonds is 7. The van der Waals surface area contributed by atoms with Gasteiger partial charge in [-0.15, -0.1) is 11.3 Å². The highest BCUT2D eigenvalue weighted by Crippen LogP contribution is 2.30. The molecule has 1 aliphatic rings. The SMILES string of the molecule is Cc1csc2c(N[C@@H](C)CN3CCN(S(=O)(=O)c4cnn(-c5ccc(C(F)(F)F)cn5)c4)CC3)ncnc12. The molecule has 5 rings (SSSR count). The maximum Gasteiger partial charge on any atom is 0.417 e. The molecular formula is C23H25F3N8O2S2. The first-order chi connectivity index (χ1) is 18.0. The van der Waals surface area contributed by atoms with E-state index in [9.17, 15) is 21.6 Å². The van der Waals surface area contributed by atoms with Crippen LogP contribution < -0.4 is 5.32 Å². The third-order valence-electron chi connectivity index (χ3n) is 6.28. The summed E-state index contributed by atoms with van der Waals surface area (Å²) >= 11 is 1.60. The number of nitrogens with zero attached hydrogens (tertiary/aromatic N) is 7. The van der Waals surface area contributed by atoms with Crippen LogP contribution >= 0.6 is 11.3 Å². The number of halogens is 3. The van der Waals surface area contributed by atoms with Gasteiger partial charge in [0.1, 0.15) is 17.0 Å². The maximum atomic E-state index is 13.2. The molecule has 15 heteroatoms. The number of hydrogen-bond acceptors (Lipinski definition) is 9. The molecule has 4 aromatic heterocycles. The zero-order valence-electron chi connectivity index (χ0n) is 20.6. The molecule has 5 heterocycles. The van der Waals surface area contributed by atoms with Crippen LogP contribution in [0.2, 0.25) is 0 Å². The van der Waals surface area contributed by atoms with Crippen molar-refractivity contribution in [2.45, 2.75) is 31.0 Å². The molecule has 0 aliphatic carbocycles. The van der Waals surface area contributed by atoms with Crippen molar-refractivity contribution < 1.29 is 21.6 Å². The van der Waals surface area contributed by atoms with Gasteiger partial charge in [0.05, 0.1) is 28.2 Å². The lowest BCUT2D eigenvalue weighted by Gasteiger charge is -2.35. The molecule has 0 amide bonds. The number of nitrogens with one attached hydrogen (secondary N) is 1. The van der Waals surface area contributed by atoms with Gasteiger partial charge in [0.15, 0.2) is 5.82 Å². The summed E-state index contributed by atoms with van der Waals surface area (Å²) in [5.74, 6) is 0.880. The molecule has 0 radical (unpaired) electrons. The van der Waals surface area contributed by atoms with Crippen molar-refractivity contribution in [3.63, 3.8) is 0 Å².